The average molecular weight is 1170 g/mol. The first-order chi connectivity index (χ1) is 38.9. The Labute approximate surface area is 486 Å². The second-order valence-electron chi connectivity index (χ2n) is 22.0. The molecule has 1 aromatic rings. The fourth-order valence-corrected chi connectivity index (χ4v) is 8.58. The minimum atomic E-state index is -1.80. The molecule has 1 aromatic carbocycles. The first-order valence-corrected chi connectivity index (χ1v) is 28.4. The minimum absolute atomic E-state index is 0.264. The first kappa shape index (κ1) is 71.8. The number of ether oxygens (including phenoxy) is 1. The number of cyclic esters (lactones) is 1. The second kappa shape index (κ2) is 34.4. The molecule has 1 saturated heterocycles. The van der Waals surface area contributed by atoms with E-state index < -0.39 is 193 Å². The van der Waals surface area contributed by atoms with Gasteiger partial charge in [-0.3, -0.25) is 52.7 Å². The number of nitrogens with one attached hydrogen (secondary N) is 11. The number of rotatable bonds is 30. The zero-order valence-corrected chi connectivity index (χ0v) is 50.2. The van der Waals surface area contributed by atoms with Crippen LogP contribution in [0.25, 0.3) is 0 Å². The third-order valence-corrected chi connectivity index (χ3v) is 15.1. The van der Waals surface area contributed by atoms with Crippen molar-refractivity contribution in [1.82, 2.24) is 58.5 Å². The van der Waals surface area contributed by atoms with Gasteiger partial charge in [-0.2, -0.15) is 0 Å². The Balaban J connectivity index is 2.40. The van der Waals surface area contributed by atoms with Gasteiger partial charge in [-0.25, -0.2) is 4.79 Å². The van der Waals surface area contributed by atoms with Crippen molar-refractivity contribution >= 4 is 70.9 Å². The highest BCUT2D eigenvalue weighted by Gasteiger charge is 2.42. The molecule has 83 heavy (non-hydrogen) atoms. The fraction of sp³-hybridized carbons (Fsp3) is 0.679. The van der Waals surface area contributed by atoms with E-state index in [4.69, 9.17) is 10.5 Å². The van der Waals surface area contributed by atoms with Gasteiger partial charge in [0.15, 0.2) is 0 Å². The molecule has 1 aliphatic heterocycles. The van der Waals surface area contributed by atoms with Crippen molar-refractivity contribution < 1.29 is 72.5 Å². The van der Waals surface area contributed by atoms with E-state index in [9.17, 15) is 67.7 Å². The molecule has 0 unspecified atom stereocenters. The Kier molecular flexibility index (Phi) is 29.8. The minimum Gasteiger partial charge on any atom is -0.458 e. The summed E-state index contributed by atoms with van der Waals surface area (Å²) in [5.74, 6) is -13.0. The zero-order valence-electron chi connectivity index (χ0n) is 50.2. The van der Waals surface area contributed by atoms with Crippen LogP contribution in [0.15, 0.2) is 30.3 Å². The number of hydrogen-bond acceptors (Lipinski definition) is 16. The zero-order chi connectivity index (χ0) is 63.1. The average Bonchev–Trinajstić information content (AvgIpc) is 3.69. The van der Waals surface area contributed by atoms with E-state index >= 15 is 0 Å². The summed E-state index contributed by atoms with van der Waals surface area (Å²) in [6, 6.07) is -4.94. The van der Waals surface area contributed by atoms with E-state index in [2.05, 4.69) is 58.5 Å². The number of nitrogens with two attached hydrogens (primary N) is 1. The third kappa shape index (κ3) is 21.8. The molecule has 0 bridgehead atoms. The lowest BCUT2D eigenvalue weighted by molar-refractivity contribution is -0.157. The van der Waals surface area contributed by atoms with E-state index in [-0.39, 0.29) is 12.8 Å². The van der Waals surface area contributed by atoms with Crippen LogP contribution in [0.4, 0.5) is 0 Å². The number of likely N-dealkylation sites (N-methyl/N-ethyl adjacent to an activating group) is 1. The van der Waals surface area contributed by atoms with Crippen LogP contribution in [-0.2, 0) is 68.7 Å². The van der Waals surface area contributed by atoms with Crippen molar-refractivity contribution in [2.75, 3.05) is 20.3 Å². The third-order valence-electron chi connectivity index (χ3n) is 15.1. The molecular weight excluding hydrogens is 1080 g/mol. The molecule has 15 N–H and O–H groups in total. The summed E-state index contributed by atoms with van der Waals surface area (Å²) in [6.45, 7) is 17.0. The van der Waals surface area contributed by atoms with Gasteiger partial charge in [0, 0.05) is 6.42 Å². The lowest BCUT2D eigenvalue weighted by atomic mass is 9.94. The van der Waals surface area contributed by atoms with Crippen LogP contribution in [0, 0.1) is 23.7 Å². The lowest BCUT2D eigenvalue weighted by Gasteiger charge is -2.31. The predicted octanol–water partition coefficient (Wildman–Crippen LogP) is -2.53. The summed E-state index contributed by atoms with van der Waals surface area (Å²) < 4.78 is 5.66. The van der Waals surface area contributed by atoms with E-state index in [1.165, 1.54) is 27.7 Å². The molecule has 11 amide bonds. The van der Waals surface area contributed by atoms with Gasteiger partial charge in [-0.05, 0) is 76.8 Å². The molecule has 1 aliphatic rings. The lowest BCUT2D eigenvalue weighted by Crippen LogP contribution is -2.63. The molecule has 0 radical (unpaired) electrons. The molecule has 2 rings (SSSR count). The Hall–Kier alpha value is -7.26. The van der Waals surface area contributed by atoms with Crippen molar-refractivity contribution in [2.45, 2.75) is 200 Å². The quantitative estimate of drug-likeness (QED) is 0.0354. The maximum atomic E-state index is 14.3. The molecule has 1 heterocycles. The van der Waals surface area contributed by atoms with Gasteiger partial charge in [0.05, 0.1) is 19.3 Å². The fourth-order valence-electron chi connectivity index (χ4n) is 8.58. The number of carbonyl (C=O) groups is 12. The molecule has 0 spiro atoms. The van der Waals surface area contributed by atoms with Gasteiger partial charge >= 0.3 is 5.97 Å². The number of hydrogen-bond donors (Lipinski definition) is 14. The van der Waals surface area contributed by atoms with Crippen molar-refractivity contribution in [1.29, 1.82) is 0 Å². The van der Waals surface area contributed by atoms with Crippen LogP contribution in [0.1, 0.15) is 127 Å². The normalized spacial score (nSPS) is 21.4. The summed E-state index contributed by atoms with van der Waals surface area (Å²) in [5.41, 5.74) is 4.75. The SMILES string of the molecule is CC[C@H](C)[C@H](NC(=O)[C@@H](Cc1ccccc1)NC)C(=O)N[C@@H](CO)C(=O)N[C@H](CCC(N)=O)C(=O)N[C@@H](C(=O)N[C@H](C(=O)N[C@@H](CO)C(=O)N[C@H]1C(=O)N[C@@H](C)C(=O)NC(C)(C)C(=O)N[C@@H]([C@@H](C)CC)C(=O)O[C@H]1C)[C@@H](C)CC)[C@@H](C)CC. The van der Waals surface area contributed by atoms with Crippen LogP contribution in [-0.4, -0.2) is 173 Å². The molecular formula is C56H92N12O15. The monoisotopic (exact) mass is 1170 g/mol. The standard InChI is InChI=1S/C56H92N12O15/c1-14-28(5)40(64-47(74)36(58-13)25-34-21-19-18-20-22-34)50(77)61-37(26-69)48(75)60-35(23-24-39(57)71)46(73)63-42(30(7)16-3)52(79)65-41(29(6)15-2)51(78)62-38(27-70)49(76)66-44-33(10)83-54(81)43(31(8)17-4)67-55(82)56(11,12)68-45(72)32(9)59-53(44)80/h18-22,28-33,35-38,40-44,58,69-70H,14-17,23-27H2,1-13H3,(H2,57,71)(H,59,80)(H,60,75)(H,61,77)(H,62,78)(H,63,73)(H,64,74)(H,65,79)(H,66,76)(H,67,82)(H,68,72)/t28-,29-,30-,31-,32-,33-,35+,36+,37-,38-,40-,41-,42+,43-,44+/m0/s1. The number of aliphatic hydroxyl groups is 2. The number of amides is 11. The molecule has 27 heteroatoms. The van der Waals surface area contributed by atoms with Gasteiger partial charge in [-0.15, -0.1) is 0 Å². The van der Waals surface area contributed by atoms with E-state index in [1.807, 2.05) is 30.3 Å². The van der Waals surface area contributed by atoms with Gasteiger partial charge in [0.2, 0.25) is 65.0 Å². The molecule has 0 aromatic heterocycles. The van der Waals surface area contributed by atoms with Crippen LogP contribution < -0.4 is 64.2 Å². The van der Waals surface area contributed by atoms with E-state index in [0.29, 0.717) is 19.3 Å². The molecule has 466 valence electrons. The summed E-state index contributed by atoms with van der Waals surface area (Å²) in [5, 5.41) is 49.1. The largest absolute Gasteiger partial charge is 0.458 e. The summed E-state index contributed by atoms with van der Waals surface area (Å²) in [6.07, 6.45) is -0.647. The van der Waals surface area contributed by atoms with Crippen LogP contribution in [0.5, 0.6) is 0 Å². The Bertz CT molecular complexity index is 2410. The van der Waals surface area contributed by atoms with Crippen molar-refractivity contribution in [3.8, 4) is 0 Å². The highest BCUT2D eigenvalue weighted by atomic mass is 16.5. The summed E-state index contributed by atoms with van der Waals surface area (Å²) in [7, 11) is 1.60. The van der Waals surface area contributed by atoms with Gasteiger partial charge in [0.1, 0.15) is 66.0 Å². The Morgan fingerprint density at radius 3 is 1.52 bits per heavy atom. The molecule has 1 fully saturated rings. The smallest absolute Gasteiger partial charge is 0.329 e. The number of benzene rings is 1. The Morgan fingerprint density at radius 2 is 1.06 bits per heavy atom. The van der Waals surface area contributed by atoms with Crippen molar-refractivity contribution in [3.63, 3.8) is 0 Å². The van der Waals surface area contributed by atoms with Gasteiger partial charge in [-0.1, -0.05) is 111 Å². The number of esters is 1. The van der Waals surface area contributed by atoms with Crippen LogP contribution >= 0.6 is 0 Å². The molecule has 0 saturated carbocycles. The van der Waals surface area contributed by atoms with E-state index in [0.717, 1.165) is 5.56 Å². The predicted molar refractivity (Wildman–Crippen MR) is 304 cm³/mol. The number of carbonyl (C=O) groups excluding carboxylic acids is 12. The molecule has 0 aliphatic carbocycles. The van der Waals surface area contributed by atoms with Gasteiger partial charge in [0.25, 0.3) is 0 Å². The first-order valence-electron chi connectivity index (χ1n) is 28.4. The van der Waals surface area contributed by atoms with Gasteiger partial charge < -0.3 is 79.2 Å². The Morgan fingerprint density at radius 1 is 0.614 bits per heavy atom. The molecule has 27 nitrogen and oxygen atoms in total. The highest BCUT2D eigenvalue weighted by Crippen LogP contribution is 2.18. The highest BCUT2D eigenvalue weighted by molar-refractivity contribution is 6.00. The maximum absolute atomic E-state index is 14.3. The number of aliphatic hydroxyl groups excluding tert-OH is 2. The molecule has 15 atom stereocenters. The van der Waals surface area contributed by atoms with E-state index in [1.54, 1.807) is 62.4 Å². The second-order valence-corrected chi connectivity index (χ2v) is 22.0. The van der Waals surface area contributed by atoms with Crippen molar-refractivity contribution in [2.24, 2.45) is 29.4 Å². The van der Waals surface area contributed by atoms with Crippen LogP contribution in [0.3, 0.4) is 0 Å². The summed E-state index contributed by atoms with van der Waals surface area (Å²) >= 11 is 0. The maximum Gasteiger partial charge on any atom is 0.329 e. The van der Waals surface area contributed by atoms with Crippen LogP contribution in [0.2, 0.25) is 0 Å². The topological polar surface area (TPSA) is 413 Å². The van der Waals surface area contributed by atoms with Crippen molar-refractivity contribution in [3.05, 3.63) is 35.9 Å². The number of primary amides is 1. The summed E-state index contributed by atoms with van der Waals surface area (Å²) in [4.78, 5) is 164.